The van der Waals surface area contributed by atoms with E-state index in [1.165, 1.54) is 142 Å². The van der Waals surface area contributed by atoms with Gasteiger partial charge in [-0.3, -0.25) is 0 Å². The first kappa shape index (κ1) is 34.9. The van der Waals surface area contributed by atoms with E-state index in [2.05, 4.69) is 220 Å². The van der Waals surface area contributed by atoms with E-state index in [0.29, 0.717) is 0 Å². The summed E-state index contributed by atoms with van der Waals surface area (Å²) in [6, 6.07) is 78.3. The van der Waals surface area contributed by atoms with Gasteiger partial charge in [0.15, 0.2) is 0 Å². The highest BCUT2D eigenvalue weighted by molar-refractivity contribution is 6.27. The summed E-state index contributed by atoms with van der Waals surface area (Å²) in [4.78, 5) is 0. The van der Waals surface area contributed by atoms with E-state index in [1.54, 1.807) is 0 Å². The van der Waals surface area contributed by atoms with E-state index in [9.17, 15) is 0 Å². The minimum atomic E-state index is -0.0916. The van der Waals surface area contributed by atoms with E-state index >= 15 is 0 Å². The Balaban J connectivity index is 1.01. The van der Waals surface area contributed by atoms with Crippen LogP contribution in [0.15, 0.2) is 206 Å². The van der Waals surface area contributed by atoms with Crippen LogP contribution in [0.25, 0.3) is 131 Å². The molecule has 0 nitrogen and oxygen atoms in total. The molecule has 0 fully saturated rings. The van der Waals surface area contributed by atoms with E-state index < -0.39 is 0 Å². The van der Waals surface area contributed by atoms with Gasteiger partial charge in [-0.05, 0) is 166 Å². The van der Waals surface area contributed by atoms with Crippen LogP contribution >= 0.6 is 0 Å². The molecule has 0 atom stereocenters. The van der Waals surface area contributed by atoms with Crippen LogP contribution < -0.4 is 0 Å². The third-order valence-electron chi connectivity index (χ3n) is 14.7. The van der Waals surface area contributed by atoms with E-state index in [4.69, 9.17) is 0 Å². The minimum absolute atomic E-state index is 0.0916. The summed E-state index contributed by atoms with van der Waals surface area (Å²) in [5.74, 6) is 0. The van der Waals surface area contributed by atoms with Crippen molar-refractivity contribution in [3.05, 3.63) is 217 Å². The Hall–Kier alpha value is -7.80. The first-order chi connectivity index (χ1) is 31.0. The molecule has 0 unspecified atom stereocenters. The Labute approximate surface area is 366 Å². The Bertz CT molecular complexity index is 4020. The molecule has 0 heterocycles. The molecule has 63 heavy (non-hydrogen) atoms. The lowest BCUT2D eigenvalue weighted by Gasteiger charge is -2.22. The van der Waals surface area contributed by atoms with Gasteiger partial charge in [0.2, 0.25) is 0 Å². The van der Waals surface area contributed by atoms with Crippen LogP contribution in [0, 0.1) is 0 Å². The van der Waals surface area contributed by atoms with Gasteiger partial charge < -0.3 is 0 Å². The SMILES string of the molecule is CC1(C)c2ccccc2-c2ccc(-c3cc(-c4ccc(-c5ccc6ccc7cccc8ccc5c6c78)c5ccccc45)cc(-c4ccc5ccc6cccc7ccc4c5c67)c3)cc21. The Kier molecular flexibility index (Phi) is 6.99. The molecule has 0 bridgehead atoms. The summed E-state index contributed by atoms with van der Waals surface area (Å²) < 4.78 is 0. The summed E-state index contributed by atoms with van der Waals surface area (Å²) in [7, 11) is 0. The molecular weight excluding hydrogens is 757 g/mol. The van der Waals surface area contributed by atoms with Crippen molar-refractivity contribution < 1.29 is 0 Å². The van der Waals surface area contributed by atoms with Crippen molar-refractivity contribution in [3.63, 3.8) is 0 Å². The minimum Gasteiger partial charge on any atom is -0.0619 e. The molecule has 0 radical (unpaired) electrons. The number of benzene rings is 13. The highest BCUT2D eigenvalue weighted by Crippen LogP contribution is 2.51. The van der Waals surface area contributed by atoms with Gasteiger partial charge in [0.25, 0.3) is 0 Å². The first-order valence-electron chi connectivity index (χ1n) is 22.2. The third-order valence-corrected chi connectivity index (χ3v) is 14.7. The second-order valence-electron chi connectivity index (χ2n) is 18.4. The Morgan fingerprint density at radius 1 is 0.238 bits per heavy atom. The zero-order valence-electron chi connectivity index (χ0n) is 35.1. The molecule has 0 N–H and O–H groups in total. The van der Waals surface area contributed by atoms with Crippen molar-refractivity contribution in [3.8, 4) is 55.6 Å². The molecule has 1 aliphatic carbocycles. The van der Waals surface area contributed by atoms with Crippen molar-refractivity contribution in [1.29, 1.82) is 0 Å². The van der Waals surface area contributed by atoms with Crippen LogP contribution in [0.5, 0.6) is 0 Å². The number of rotatable bonds is 4. The van der Waals surface area contributed by atoms with Crippen LogP contribution in [0.2, 0.25) is 0 Å². The van der Waals surface area contributed by atoms with Gasteiger partial charge in [-0.25, -0.2) is 0 Å². The average Bonchev–Trinajstić information content (AvgIpc) is 3.57. The summed E-state index contributed by atoms with van der Waals surface area (Å²) >= 11 is 0. The fourth-order valence-electron chi connectivity index (χ4n) is 11.7. The Morgan fingerprint density at radius 2 is 0.651 bits per heavy atom. The van der Waals surface area contributed by atoms with Gasteiger partial charge in [0.1, 0.15) is 0 Å². The smallest absolute Gasteiger partial charge is 0.0159 e. The quantitative estimate of drug-likeness (QED) is 0.156. The fraction of sp³-hybridized carbons (Fsp3) is 0.0476. The lowest BCUT2D eigenvalue weighted by atomic mass is 9.81. The molecule has 1 aliphatic rings. The molecule has 0 saturated heterocycles. The summed E-state index contributed by atoms with van der Waals surface area (Å²) in [5.41, 5.74) is 15.3. The summed E-state index contributed by atoms with van der Waals surface area (Å²) in [6.45, 7) is 4.76. The number of fused-ring (bicyclic) bond motifs is 4. The van der Waals surface area contributed by atoms with Crippen LogP contribution in [0.4, 0.5) is 0 Å². The predicted molar refractivity (Wildman–Crippen MR) is 271 cm³/mol. The van der Waals surface area contributed by atoms with Crippen molar-refractivity contribution in [2.24, 2.45) is 0 Å². The van der Waals surface area contributed by atoms with Crippen molar-refractivity contribution in [1.82, 2.24) is 0 Å². The summed E-state index contributed by atoms with van der Waals surface area (Å²) in [6.07, 6.45) is 0. The van der Waals surface area contributed by atoms with Crippen LogP contribution in [-0.4, -0.2) is 0 Å². The normalized spacial score (nSPS) is 13.4. The van der Waals surface area contributed by atoms with Gasteiger partial charge >= 0.3 is 0 Å². The topological polar surface area (TPSA) is 0 Å². The monoisotopic (exact) mass is 796 g/mol. The van der Waals surface area contributed by atoms with Gasteiger partial charge in [0, 0.05) is 5.41 Å². The largest absolute Gasteiger partial charge is 0.0619 e. The second kappa shape index (κ2) is 12.6. The van der Waals surface area contributed by atoms with Crippen molar-refractivity contribution in [2.75, 3.05) is 0 Å². The molecule has 13 aromatic carbocycles. The molecule has 0 aromatic heterocycles. The number of hydrogen-bond donors (Lipinski definition) is 0. The molecule has 0 spiro atoms. The maximum atomic E-state index is 2.47. The standard InChI is InChI=1S/C63H40/c1-63(2)57-16-6-5-15-53(57)54-28-25-43(36-58(54)63)44-33-45(35-46(34-44)48-26-21-41-19-17-37-9-7-11-39-23-29-55(48)61(41)59(37)39)47-31-32-51(50-14-4-3-13-49(47)50)52-27-22-42-20-18-38-10-8-12-40-24-30-56(52)62(42)60(38)40/h3-36H,1-2H3. The highest BCUT2D eigenvalue weighted by atomic mass is 14.4. The van der Waals surface area contributed by atoms with Crippen molar-refractivity contribution in [2.45, 2.75) is 19.3 Å². The van der Waals surface area contributed by atoms with Gasteiger partial charge in [-0.2, -0.15) is 0 Å². The molecular formula is C63H40. The molecule has 0 heteroatoms. The summed E-state index contributed by atoms with van der Waals surface area (Å²) in [5, 5.41) is 18.2. The highest BCUT2D eigenvalue weighted by Gasteiger charge is 2.35. The maximum Gasteiger partial charge on any atom is 0.0159 e. The van der Waals surface area contributed by atoms with E-state index in [0.717, 1.165) is 0 Å². The lowest BCUT2D eigenvalue weighted by Crippen LogP contribution is -2.14. The van der Waals surface area contributed by atoms with Gasteiger partial charge in [0.05, 0.1) is 0 Å². The predicted octanol–water partition coefficient (Wildman–Crippen LogP) is 17.6. The van der Waals surface area contributed by atoms with Crippen molar-refractivity contribution >= 4 is 75.4 Å². The van der Waals surface area contributed by atoms with Crippen LogP contribution in [0.3, 0.4) is 0 Å². The maximum absolute atomic E-state index is 2.47. The van der Waals surface area contributed by atoms with E-state index in [-0.39, 0.29) is 5.41 Å². The number of hydrogen-bond acceptors (Lipinski definition) is 0. The van der Waals surface area contributed by atoms with Crippen LogP contribution in [-0.2, 0) is 5.41 Å². The molecule has 0 saturated carbocycles. The molecule has 292 valence electrons. The Morgan fingerprint density at radius 3 is 1.30 bits per heavy atom. The second-order valence-corrected chi connectivity index (χ2v) is 18.4. The average molecular weight is 797 g/mol. The zero-order chi connectivity index (χ0) is 41.6. The van der Waals surface area contributed by atoms with Gasteiger partial charge in [-0.1, -0.05) is 196 Å². The van der Waals surface area contributed by atoms with Gasteiger partial charge in [-0.15, -0.1) is 0 Å². The molecule has 0 aliphatic heterocycles. The third kappa shape index (κ3) is 4.87. The zero-order valence-corrected chi connectivity index (χ0v) is 35.1. The lowest BCUT2D eigenvalue weighted by molar-refractivity contribution is 0.660. The molecule has 14 rings (SSSR count). The van der Waals surface area contributed by atoms with E-state index in [1.807, 2.05) is 0 Å². The molecule has 13 aromatic rings. The molecule has 0 amide bonds. The van der Waals surface area contributed by atoms with Crippen LogP contribution in [0.1, 0.15) is 25.0 Å². The first-order valence-corrected chi connectivity index (χ1v) is 22.2. The fourth-order valence-corrected chi connectivity index (χ4v) is 11.7.